The predicted molar refractivity (Wildman–Crippen MR) is 78.3 cm³/mol. The maximum absolute atomic E-state index is 12.1. The van der Waals surface area contributed by atoms with E-state index in [1.807, 2.05) is 6.08 Å². The highest BCUT2D eigenvalue weighted by molar-refractivity contribution is 5.98. The van der Waals surface area contributed by atoms with Gasteiger partial charge >= 0.3 is 5.97 Å². The zero-order valence-corrected chi connectivity index (χ0v) is 12.6. The average Bonchev–Trinajstić information content (AvgIpc) is 2.81. The minimum atomic E-state index is -0.383. The maximum atomic E-state index is 12.1. The van der Waals surface area contributed by atoms with Gasteiger partial charge in [0.05, 0.1) is 21.3 Å². The number of carbonyl (C=O) groups is 1. The zero-order valence-electron chi connectivity index (χ0n) is 12.6. The second-order valence-electron chi connectivity index (χ2n) is 4.72. The molecule has 0 fully saturated rings. The molecule has 1 aromatic rings. The summed E-state index contributed by atoms with van der Waals surface area (Å²) < 4.78 is 21.4. The Morgan fingerprint density at radius 2 is 1.95 bits per heavy atom. The fourth-order valence-corrected chi connectivity index (χ4v) is 2.55. The Labute approximate surface area is 124 Å². The quantitative estimate of drug-likeness (QED) is 0.438. The molecule has 1 atom stereocenters. The smallest absolute Gasteiger partial charge is 0.343 e. The van der Waals surface area contributed by atoms with Gasteiger partial charge in [0.2, 0.25) is 5.75 Å². The van der Waals surface area contributed by atoms with E-state index < -0.39 is 0 Å². The predicted octanol–water partition coefficient (Wildman–Crippen LogP) is 3.28. The van der Waals surface area contributed by atoms with Gasteiger partial charge in [-0.2, -0.15) is 0 Å². The number of unbranched alkanes of at least 4 members (excludes halogenated alkanes) is 1. The largest absolute Gasteiger partial charge is 0.493 e. The summed E-state index contributed by atoms with van der Waals surface area (Å²) in [6.45, 7) is 3.70. The highest BCUT2D eigenvalue weighted by atomic mass is 16.6. The summed E-state index contributed by atoms with van der Waals surface area (Å²) in [5.41, 5.74) is 1.22. The molecule has 0 saturated carbocycles. The van der Waals surface area contributed by atoms with Crippen molar-refractivity contribution in [2.24, 2.45) is 0 Å². The van der Waals surface area contributed by atoms with E-state index in [0.29, 0.717) is 22.8 Å². The molecule has 0 bridgehead atoms. The second-order valence-corrected chi connectivity index (χ2v) is 4.72. The Bertz CT molecular complexity index is 550. The van der Waals surface area contributed by atoms with Crippen LogP contribution in [0, 0.1) is 0 Å². The third-order valence-electron chi connectivity index (χ3n) is 3.54. The van der Waals surface area contributed by atoms with Crippen molar-refractivity contribution < 1.29 is 23.7 Å². The van der Waals surface area contributed by atoms with Crippen LogP contribution in [-0.2, 0) is 4.74 Å². The molecule has 0 radical (unpaired) electrons. The number of carbonyl (C=O) groups excluding carboxylic acids is 1. The maximum Gasteiger partial charge on any atom is 0.343 e. The summed E-state index contributed by atoms with van der Waals surface area (Å²) in [6.07, 6.45) is 4.10. The molecule has 1 unspecified atom stereocenters. The molecule has 0 aromatic heterocycles. The van der Waals surface area contributed by atoms with Gasteiger partial charge in [0.15, 0.2) is 11.5 Å². The summed E-state index contributed by atoms with van der Waals surface area (Å²) in [5, 5.41) is 0. The fraction of sp³-hybridized carbons (Fsp3) is 0.438. The molecule has 1 aliphatic rings. The van der Waals surface area contributed by atoms with E-state index in [4.69, 9.17) is 18.9 Å². The van der Waals surface area contributed by atoms with Gasteiger partial charge in [-0.3, -0.25) is 0 Å². The molecule has 0 spiro atoms. The fourth-order valence-electron chi connectivity index (χ4n) is 2.55. The van der Waals surface area contributed by atoms with Crippen molar-refractivity contribution in [2.75, 3.05) is 21.3 Å². The highest BCUT2D eigenvalue weighted by Gasteiger charge is 2.37. The summed E-state index contributed by atoms with van der Waals surface area (Å²) in [5.74, 6) is 0.914. The number of esters is 1. The molecule has 114 valence electrons. The third-order valence-corrected chi connectivity index (χ3v) is 3.54. The molecule has 5 heteroatoms. The van der Waals surface area contributed by atoms with E-state index in [1.165, 1.54) is 14.2 Å². The number of benzene rings is 1. The lowest BCUT2D eigenvalue weighted by molar-refractivity contribution is 0.0363. The number of ether oxygens (including phenoxy) is 4. The lowest BCUT2D eigenvalue weighted by Gasteiger charge is -2.15. The van der Waals surface area contributed by atoms with Gasteiger partial charge in [0, 0.05) is 5.56 Å². The number of fused-ring (bicyclic) bond motifs is 1. The summed E-state index contributed by atoms with van der Waals surface area (Å²) in [4.78, 5) is 12.1. The molecule has 0 saturated heterocycles. The van der Waals surface area contributed by atoms with Crippen molar-refractivity contribution in [1.29, 1.82) is 0 Å². The Morgan fingerprint density at radius 1 is 1.24 bits per heavy atom. The van der Waals surface area contributed by atoms with Crippen molar-refractivity contribution in [2.45, 2.75) is 25.4 Å². The SMILES string of the molecule is C=CCCCC1OC(=O)c2c1cc(OC)c(OC)c2OC. The Morgan fingerprint density at radius 3 is 2.52 bits per heavy atom. The lowest BCUT2D eigenvalue weighted by atomic mass is 9.99. The van der Waals surface area contributed by atoms with Crippen LogP contribution in [0.4, 0.5) is 0 Å². The van der Waals surface area contributed by atoms with Gasteiger partial charge in [-0.05, 0) is 25.3 Å². The number of allylic oxidation sites excluding steroid dienone is 1. The van der Waals surface area contributed by atoms with Crippen molar-refractivity contribution in [3.8, 4) is 17.2 Å². The standard InChI is InChI=1S/C16H20O5/c1-5-6-7-8-11-10-9-12(18-2)14(19-3)15(20-4)13(10)16(17)21-11/h5,9,11H,1,6-8H2,2-4H3. The molecule has 1 heterocycles. The van der Waals surface area contributed by atoms with E-state index in [0.717, 1.165) is 24.8 Å². The lowest BCUT2D eigenvalue weighted by Crippen LogP contribution is -2.02. The molecule has 0 N–H and O–H groups in total. The molecule has 1 aromatic carbocycles. The molecule has 1 aliphatic heterocycles. The summed E-state index contributed by atoms with van der Waals surface area (Å²) in [6, 6.07) is 1.79. The minimum Gasteiger partial charge on any atom is -0.493 e. The normalized spacial score (nSPS) is 16.1. The number of cyclic esters (lactones) is 1. The number of hydrogen-bond acceptors (Lipinski definition) is 5. The monoisotopic (exact) mass is 292 g/mol. The van der Waals surface area contributed by atoms with Crippen molar-refractivity contribution >= 4 is 5.97 Å². The van der Waals surface area contributed by atoms with E-state index >= 15 is 0 Å². The van der Waals surface area contributed by atoms with E-state index in [1.54, 1.807) is 13.2 Å². The topological polar surface area (TPSA) is 54.0 Å². The molecule has 0 amide bonds. The van der Waals surface area contributed by atoms with Crippen LogP contribution in [-0.4, -0.2) is 27.3 Å². The number of hydrogen-bond donors (Lipinski definition) is 0. The molecule has 0 aliphatic carbocycles. The molecule has 21 heavy (non-hydrogen) atoms. The van der Waals surface area contributed by atoms with Crippen LogP contribution in [0.3, 0.4) is 0 Å². The van der Waals surface area contributed by atoms with Crippen LogP contribution < -0.4 is 14.2 Å². The van der Waals surface area contributed by atoms with Gasteiger partial charge in [-0.15, -0.1) is 6.58 Å². The zero-order chi connectivity index (χ0) is 15.4. The molecule has 5 nitrogen and oxygen atoms in total. The van der Waals surface area contributed by atoms with Gasteiger partial charge in [0.1, 0.15) is 11.7 Å². The number of methoxy groups -OCH3 is 3. The first-order chi connectivity index (χ1) is 10.2. The van der Waals surface area contributed by atoms with E-state index in [-0.39, 0.29) is 12.1 Å². The van der Waals surface area contributed by atoms with Gasteiger partial charge in [-0.25, -0.2) is 4.79 Å². The van der Waals surface area contributed by atoms with Crippen LogP contribution in [0.5, 0.6) is 17.2 Å². The first-order valence-corrected chi connectivity index (χ1v) is 6.82. The minimum absolute atomic E-state index is 0.277. The van der Waals surface area contributed by atoms with Crippen molar-refractivity contribution in [3.63, 3.8) is 0 Å². The van der Waals surface area contributed by atoms with Crippen molar-refractivity contribution in [3.05, 3.63) is 29.8 Å². The Hall–Kier alpha value is -2.17. The molecular weight excluding hydrogens is 272 g/mol. The first-order valence-electron chi connectivity index (χ1n) is 6.82. The number of rotatable bonds is 7. The third kappa shape index (κ3) is 2.68. The summed E-state index contributed by atoms with van der Waals surface area (Å²) >= 11 is 0. The van der Waals surface area contributed by atoms with Crippen LogP contribution in [0.15, 0.2) is 18.7 Å². The van der Waals surface area contributed by atoms with Crippen LogP contribution in [0.2, 0.25) is 0 Å². The van der Waals surface area contributed by atoms with Crippen LogP contribution >= 0.6 is 0 Å². The van der Waals surface area contributed by atoms with E-state index in [9.17, 15) is 4.79 Å². The van der Waals surface area contributed by atoms with Crippen molar-refractivity contribution in [1.82, 2.24) is 0 Å². The van der Waals surface area contributed by atoms with Gasteiger partial charge in [0.25, 0.3) is 0 Å². The second kappa shape index (κ2) is 6.52. The first kappa shape index (κ1) is 15.2. The Balaban J connectivity index is 2.46. The summed E-state index contributed by atoms with van der Waals surface area (Å²) in [7, 11) is 4.55. The molecular formula is C16H20O5. The van der Waals surface area contributed by atoms with Gasteiger partial charge in [-0.1, -0.05) is 6.08 Å². The van der Waals surface area contributed by atoms with E-state index in [2.05, 4.69) is 6.58 Å². The van der Waals surface area contributed by atoms with Crippen LogP contribution in [0.25, 0.3) is 0 Å². The van der Waals surface area contributed by atoms with Gasteiger partial charge < -0.3 is 18.9 Å². The Kier molecular flexibility index (Phi) is 4.73. The highest BCUT2D eigenvalue weighted by Crippen LogP contribution is 2.48. The average molecular weight is 292 g/mol. The van der Waals surface area contributed by atoms with Crippen LogP contribution in [0.1, 0.15) is 41.3 Å². The molecule has 2 rings (SSSR count).